The van der Waals surface area contributed by atoms with Crippen LogP contribution >= 0.6 is 0 Å². The molecule has 3 heterocycles. The molecule has 0 atom stereocenters. The molecule has 0 N–H and O–H groups in total. The maximum Gasteiger partial charge on any atom is 0.248 e. The lowest BCUT2D eigenvalue weighted by Gasteiger charge is -2.35. The van der Waals surface area contributed by atoms with Crippen molar-refractivity contribution >= 4 is 32.4 Å². The Bertz CT molecular complexity index is 1130. The zero-order valence-electron chi connectivity index (χ0n) is 17.0. The Kier molecular flexibility index (Phi) is 4.91. The van der Waals surface area contributed by atoms with Gasteiger partial charge in [0.05, 0.1) is 5.52 Å². The highest BCUT2D eigenvalue weighted by Crippen LogP contribution is 2.29. The average Bonchev–Trinajstić information content (AvgIpc) is 3.06. The predicted molar refractivity (Wildman–Crippen MR) is 111 cm³/mol. The monoisotopic (exact) mass is 416 g/mol. The van der Waals surface area contributed by atoms with Gasteiger partial charge in [0, 0.05) is 51.3 Å². The van der Waals surface area contributed by atoms with Crippen molar-refractivity contribution < 1.29 is 12.9 Å². The molecule has 0 spiro atoms. The van der Waals surface area contributed by atoms with E-state index in [0.29, 0.717) is 37.6 Å². The van der Waals surface area contributed by atoms with Crippen LogP contribution in [-0.4, -0.2) is 68.1 Å². The molecule has 9 nitrogen and oxygen atoms in total. The lowest BCUT2D eigenvalue weighted by Crippen LogP contribution is -2.48. The third kappa shape index (κ3) is 3.42. The Morgan fingerprint density at radius 2 is 1.79 bits per heavy atom. The summed E-state index contributed by atoms with van der Waals surface area (Å²) >= 11 is 0. The number of sulfonamides is 1. The SMILES string of the molecule is Cc1noc(C)c1S(=O)(=O)N1CCN(c2ccc3ncnc(N(C)C)c3c2)CC1. The molecule has 0 aliphatic carbocycles. The van der Waals surface area contributed by atoms with E-state index >= 15 is 0 Å². The summed E-state index contributed by atoms with van der Waals surface area (Å²) in [5.74, 6) is 1.19. The Labute approximate surface area is 170 Å². The standard InChI is InChI=1S/C19H24N6O3S/c1-13-18(14(2)28-22-13)29(26,27)25-9-7-24(8-10-25)15-5-6-17-16(11-15)19(23(3)4)21-12-20-17/h5-6,11-12H,7-10H2,1-4H3. The first-order valence-corrected chi connectivity index (χ1v) is 10.8. The molecule has 1 aromatic carbocycles. The van der Waals surface area contributed by atoms with Crippen molar-refractivity contribution in [2.75, 3.05) is 50.1 Å². The van der Waals surface area contributed by atoms with Gasteiger partial charge in [0.2, 0.25) is 10.0 Å². The van der Waals surface area contributed by atoms with Crippen molar-refractivity contribution in [2.45, 2.75) is 18.7 Å². The first-order chi connectivity index (χ1) is 13.8. The van der Waals surface area contributed by atoms with Gasteiger partial charge in [-0.05, 0) is 32.0 Å². The summed E-state index contributed by atoms with van der Waals surface area (Å²) in [6.07, 6.45) is 1.57. The fourth-order valence-corrected chi connectivity index (χ4v) is 5.46. The molecule has 0 saturated carbocycles. The molecule has 0 unspecified atom stereocenters. The Balaban J connectivity index is 1.56. The number of hydrogen-bond acceptors (Lipinski definition) is 8. The summed E-state index contributed by atoms with van der Waals surface area (Å²) in [5, 5.41) is 4.76. The maximum atomic E-state index is 13.0. The number of rotatable bonds is 4. The van der Waals surface area contributed by atoms with Crippen molar-refractivity contribution in [3.63, 3.8) is 0 Å². The van der Waals surface area contributed by atoms with Gasteiger partial charge in [-0.15, -0.1) is 0 Å². The Morgan fingerprint density at radius 3 is 2.41 bits per heavy atom. The van der Waals surface area contributed by atoms with E-state index < -0.39 is 10.0 Å². The highest BCUT2D eigenvalue weighted by Gasteiger charge is 2.33. The maximum absolute atomic E-state index is 13.0. The second kappa shape index (κ2) is 7.27. The van der Waals surface area contributed by atoms with Crippen molar-refractivity contribution in [1.82, 2.24) is 19.4 Å². The van der Waals surface area contributed by atoms with Crippen LogP contribution in [0.3, 0.4) is 0 Å². The molecule has 29 heavy (non-hydrogen) atoms. The van der Waals surface area contributed by atoms with Gasteiger partial charge in [0.15, 0.2) is 5.76 Å². The molecular weight excluding hydrogens is 392 g/mol. The lowest BCUT2D eigenvalue weighted by atomic mass is 10.1. The number of anilines is 2. The fraction of sp³-hybridized carbons (Fsp3) is 0.421. The van der Waals surface area contributed by atoms with E-state index in [-0.39, 0.29) is 4.90 Å². The first kappa shape index (κ1) is 19.6. The van der Waals surface area contributed by atoms with Crippen LogP contribution in [0.25, 0.3) is 10.9 Å². The van der Waals surface area contributed by atoms with E-state index in [1.807, 2.05) is 31.1 Å². The highest BCUT2D eigenvalue weighted by molar-refractivity contribution is 7.89. The molecule has 1 aliphatic rings. The molecular formula is C19H24N6O3S. The first-order valence-electron chi connectivity index (χ1n) is 9.39. The average molecular weight is 417 g/mol. The zero-order chi connectivity index (χ0) is 20.8. The minimum absolute atomic E-state index is 0.185. The summed E-state index contributed by atoms with van der Waals surface area (Å²) in [5.41, 5.74) is 2.31. The Morgan fingerprint density at radius 1 is 1.07 bits per heavy atom. The van der Waals surface area contributed by atoms with Gasteiger partial charge in [-0.1, -0.05) is 5.16 Å². The molecule has 3 aromatic rings. The van der Waals surface area contributed by atoms with E-state index in [2.05, 4.69) is 26.1 Å². The zero-order valence-corrected chi connectivity index (χ0v) is 17.8. The van der Waals surface area contributed by atoms with Crippen LogP contribution in [0.15, 0.2) is 33.9 Å². The number of hydrogen-bond donors (Lipinski definition) is 0. The summed E-state index contributed by atoms with van der Waals surface area (Å²) < 4.78 is 32.6. The smallest absolute Gasteiger partial charge is 0.248 e. The van der Waals surface area contributed by atoms with E-state index in [9.17, 15) is 8.42 Å². The van der Waals surface area contributed by atoms with Crippen LogP contribution in [0.5, 0.6) is 0 Å². The molecule has 1 aliphatic heterocycles. The normalized spacial score (nSPS) is 15.8. The van der Waals surface area contributed by atoms with E-state index in [0.717, 1.165) is 22.4 Å². The number of nitrogens with zero attached hydrogens (tertiary/aromatic N) is 6. The molecule has 1 fully saturated rings. The number of aryl methyl sites for hydroxylation is 2. The highest BCUT2D eigenvalue weighted by atomic mass is 32.2. The predicted octanol–water partition coefficient (Wildman–Crippen LogP) is 1.81. The molecule has 0 bridgehead atoms. The third-order valence-corrected chi connectivity index (χ3v) is 7.33. The fourth-order valence-electron chi connectivity index (χ4n) is 3.74. The van der Waals surface area contributed by atoms with Crippen molar-refractivity contribution in [1.29, 1.82) is 0 Å². The third-order valence-electron chi connectivity index (χ3n) is 5.19. The molecule has 10 heteroatoms. The van der Waals surface area contributed by atoms with Gasteiger partial charge in [-0.25, -0.2) is 18.4 Å². The molecule has 4 rings (SSSR count). The topological polar surface area (TPSA) is 95.7 Å². The molecule has 2 aromatic heterocycles. The number of aromatic nitrogens is 3. The van der Waals surface area contributed by atoms with E-state index in [4.69, 9.17) is 4.52 Å². The molecule has 154 valence electrons. The van der Waals surface area contributed by atoms with Gasteiger partial charge >= 0.3 is 0 Å². The molecule has 0 radical (unpaired) electrons. The van der Waals surface area contributed by atoms with Crippen LogP contribution in [0.2, 0.25) is 0 Å². The van der Waals surface area contributed by atoms with Gasteiger partial charge in [-0.3, -0.25) is 0 Å². The van der Waals surface area contributed by atoms with Gasteiger partial charge in [0.1, 0.15) is 22.7 Å². The minimum atomic E-state index is -3.61. The number of piperazine rings is 1. The van der Waals surface area contributed by atoms with Crippen molar-refractivity contribution in [3.8, 4) is 0 Å². The van der Waals surface area contributed by atoms with E-state index in [1.165, 1.54) is 4.31 Å². The van der Waals surface area contributed by atoms with Crippen LogP contribution in [0.4, 0.5) is 11.5 Å². The summed E-state index contributed by atoms with van der Waals surface area (Å²) in [4.78, 5) is 13.0. The van der Waals surface area contributed by atoms with Crippen LogP contribution < -0.4 is 9.80 Å². The summed E-state index contributed by atoms with van der Waals surface area (Å²) in [7, 11) is 0.288. The molecule has 1 saturated heterocycles. The summed E-state index contributed by atoms with van der Waals surface area (Å²) in [6.45, 7) is 5.27. The van der Waals surface area contributed by atoms with Crippen LogP contribution in [0.1, 0.15) is 11.5 Å². The minimum Gasteiger partial charge on any atom is -0.369 e. The second-order valence-corrected chi connectivity index (χ2v) is 9.21. The quantitative estimate of drug-likeness (QED) is 0.635. The van der Waals surface area contributed by atoms with Crippen molar-refractivity contribution in [2.24, 2.45) is 0 Å². The van der Waals surface area contributed by atoms with E-state index in [1.54, 1.807) is 20.2 Å². The lowest BCUT2D eigenvalue weighted by molar-refractivity contribution is 0.378. The van der Waals surface area contributed by atoms with Gasteiger partial charge in [-0.2, -0.15) is 4.31 Å². The number of fused-ring (bicyclic) bond motifs is 1. The largest absolute Gasteiger partial charge is 0.369 e. The second-order valence-electron chi connectivity index (χ2n) is 7.34. The van der Waals surface area contributed by atoms with Gasteiger partial charge in [0.25, 0.3) is 0 Å². The van der Waals surface area contributed by atoms with Crippen molar-refractivity contribution in [3.05, 3.63) is 36.0 Å². The number of benzene rings is 1. The van der Waals surface area contributed by atoms with Gasteiger partial charge < -0.3 is 14.3 Å². The molecule has 0 amide bonds. The Hall–Kier alpha value is -2.72. The van der Waals surface area contributed by atoms with Crippen LogP contribution in [-0.2, 0) is 10.0 Å². The summed E-state index contributed by atoms with van der Waals surface area (Å²) in [6, 6.07) is 6.07. The van der Waals surface area contributed by atoms with Crippen LogP contribution in [0, 0.1) is 13.8 Å².